The molecule has 0 aliphatic carbocycles. The van der Waals surface area contributed by atoms with Gasteiger partial charge < -0.3 is 15.2 Å². The zero-order valence-electron chi connectivity index (χ0n) is 12.6. The van der Waals surface area contributed by atoms with Crippen LogP contribution in [-0.2, 0) is 11.3 Å². The van der Waals surface area contributed by atoms with Gasteiger partial charge in [-0.3, -0.25) is 14.8 Å². The SMILES string of the molecule is O=C(NCC1(O)COCCN(Cc2ccn[nH]2)C1)c1cscn1. The van der Waals surface area contributed by atoms with Gasteiger partial charge in [-0.05, 0) is 6.07 Å². The van der Waals surface area contributed by atoms with Gasteiger partial charge in [0.15, 0.2) is 0 Å². The quantitative estimate of drug-likeness (QED) is 0.702. The fraction of sp³-hybridized carbons (Fsp3) is 0.500. The number of carbonyl (C=O) groups excluding carboxylic acids is 1. The second kappa shape index (κ2) is 7.18. The van der Waals surface area contributed by atoms with E-state index in [1.807, 2.05) is 6.07 Å². The van der Waals surface area contributed by atoms with Crippen molar-refractivity contribution in [3.05, 3.63) is 34.5 Å². The molecule has 8 nitrogen and oxygen atoms in total. The van der Waals surface area contributed by atoms with E-state index in [0.29, 0.717) is 31.9 Å². The lowest BCUT2D eigenvalue weighted by molar-refractivity contribution is -0.0346. The first-order chi connectivity index (χ1) is 11.1. The topological polar surface area (TPSA) is 103 Å². The molecule has 1 amide bonds. The number of amides is 1. The molecule has 3 heterocycles. The summed E-state index contributed by atoms with van der Waals surface area (Å²) in [5, 5.41) is 22.0. The first-order valence-electron chi connectivity index (χ1n) is 7.32. The van der Waals surface area contributed by atoms with Gasteiger partial charge >= 0.3 is 0 Å². The van der Waals surface area contributed by atoms with Crippen LogP contribution in [0.5, 0.6) is 0 Å². The van der Waals surface area contributed by atoms with Crippen LogP contribution in [0.1, 0.15) is 16.2 Å². The van der Waals surface area contributed by atoms with E-state index < -0.39 is 5.60 Å². The Hall–Kier alpha value is -1.81. The molecule has 3 rings (SSSR count). The molecule has 0 spiro atoms. The van der Waals surface area contributed by atoms with Crippen LogP contribution in [0.15, 0.2) is 23.2 Å². The number of ether oxygens (including phenoxy) is 1. The summed E-state index contributed by atoms with van der Waals surface area (Å²) in [6, 6.07) is 1.90. The number of nitrogens with one attached hydrogen (secondary N) is 2. The van der Waals surface area contributed by atoms with E-state index in [9.17, 15) is 9.90 Å². The standard InChI is InChI=1S/C14H19N5O3S/c20-13(12-6-23-10-16-12)15-7-14(21)8-19(3-4-22-9-14)5-11-1-2-17-18-11/h1-2,6,10,21H,3-5,7-9H2,(H,15,20)(H,17,18). The molecule has 0 radical (unpaired) electrons. The fourth-order valence-electron chi connectivity index (χ4n) is 2.51. The van der Waals surface area contributed by atoms with Crippen molar-refractivity contribution in [3.63, 3.8) is 0 Å². The van der Waals surface area contributed by atoms with Gasteiger partial charge in [-0.25, -0.2) is 4.98 Å². The van der Waals surface area contributed by atoms with Crippen molar-refractivity contribution in [1.29, 1.82) is 0 Å². The summed E-state index contributed by atoms with van der Waals surface area (Å²) in [6.07, 6.45) is 1.70. The molecule has 1 aliphatic heterocycles. The predicted molar refractivity (Wildman–Crippen MR) is 84.1 cm³/mol. The summed E-state index contributed by atoms with van der Waals surface area (Å²) in [6.45, 7) is 2.60. The Bertz CT molecular complexity index is 618. The molecule has 0 saturated carbocycles. The van der Waals surface area contributed by atoms with Gasteiger partial charge in [-0.15, -0.1) is 11.3 Å². The Balaban J connectivity index is 1.58. The number of H-pyrrole nitrogens is 1. The van der Waals surface area contributed by atoms with Crippen LogP contribution in [-0.4, -0.2) is 69.5 Å². The van der Waals surface area contributed by atoms with Crippen molar-refractivity contribution in [2.75, 3.05) is 32.8 Å². The van der Waals surface area contributed by atoms with E-state index in [4.69, 9.17) is 4.74 Å². The summed E-state index contributed by atoms with van der Waals surface area (Å²) in [5.41, 5.74) is 1.80. The zero-order chi connectivity index (χ0) is 16.1. The lowest BCUT2D eigenvalue weighted by atomic mass is 10.0. The van der Waals surface area contributed by atoms with Gasteiger partial charge in [0.1, 0.15) is 11.3 Å². The average molecular weight is 337 g/mol. The van der Waals surface area contributed by atoms with Crippen LogP contribution < -0.4 is 5.32 Å². The predicted octanol–water partition coefficient (Wildman–Crippen LogP) is -0.140. The van der Waals surface area contributed by atoms with Crippen molar-refractivity contribution >= 4 is 17.2 Å². The molecule has 2 aromatic rings. The summed E-state index contributed by atoms with van der Waals surface area (Å²) < 4.78 is 5.50. The van der Waals surface area contributed by atoms with Gasteiger partial charge in [0.2, 0.25) is 0 Å². The number of aromatic amines is 1. The van der Waals surface area contributed by atoms with Gasteiger partial charge in [-0.2, -0.15) is 5.10 Å². The van der Waals surface area contributed by atoms with Crippen LogP contribution in [0, 0.1) is 0 Å². The van der Waals surface area contributed by atoms with Gasteiger partial charge in [-0.1, -0.05) is 0 Å². The highest BCUT2D eigenvalue weighted by atomic mass is 32.1. The van der Waals surface area contributed by atoms with Crippen LogP contribution in [0.3, 0.4) is 0 Å². The molecule has 0 bridgehead atoms. The Kier molecular flexibility index (Phi) is 5.01. The summed E-state index contributed by atoms with van der Waals surface area (Å²) in [7, 11) is 0. The van der Waals surface area contributed by atoms with Crippen molar-refractivity contribution in [3.8, 4) is 0 Å². The minimum Gasteiger partial charge on any atom is -0.384 e. The van der Waals surface area contributed by atoms with E-state index in [1.54, 1.807) is 17.1 Å². The Morgan fingerprint density at radius 1 is 1.61 bits per heavy atom. The molecule has 1 atom stereocenters. The van der Waals surface area contributed by atoms with Gasteiger partial charge in [0.25, 0.3) is 5.91 Å². The molecule has 1 fully saturated rings. The number of nitrogens with zero attached hydrogens (tertiary/aromatic N) is 3. The summed E-state index contributed by atoms with van der Waals surface area (Å²) >= 11 is 1.36. The number of β-amino-alcohol motifs (C(OH)–C–C–N with tert-alkyl or cyclic N) is 1. The smallest absolute Gasteiger partial charge is 0.270 e. The number of carbonyl (C=O) groups is 1. The van der Waals surface area contributed by atoms with Gasteiger partial charge in [0.05, 0.1) is 25.3 Å². The minimum atomic E-state index is -1.14. The Labute approximate surface area is 137 Å². The van der Waals surface area contributed by atoms with E-state index in [1.165, 1.54) is 11.3 Å². The molecule has 23 heavy (non-hydrogen) atoms. The van der Waals surface area contributed by atoms with Crippen molar-refractivity contribution < 1.29 is 14.6 Å². The number of aromatic nitrogens is 3. The first kappa shape index (κ1) is 16.1. The number of hydrogen-bond donors (Lipinski definition) is 3. The lowest BCUT2D eigenvalue weighted by Crippen LogP contribution is -2.52. The van der Waals surface area contributed by atoms with E-state index in [2.05, 4.69) is 25.4 Å². The minimum absolute atomic E-state index is 0.114. The molecule has 3 N–H and O–H groups in total. The fourth-order valence-corrected chi connectivity index (χ4v) is 3.04. The third-order valence-corrected chi connectivity index (χ3v) is 4.22. The maximum Gasteiger partial charge on any atom is 0.270 e. The number of rotatable bonds is 5. The highest BCUT2D eigenvalue weighted by Gasteiger charge is 2.33. The molecule has 124 valence electrons. The Morgan fingerprint density at radius 2 is 2.52 bits per heavy atom. The molecule has 1 aliphatic rings. The molecular formula is C14H19N5O3S. The molecule has 1 saturated heterocycles. The summed E-state index contributed by atoms with van der Waals surface area (Å²) in [5.74, 6) is -0.288. The zero-order valence-corrected chi connectivity index (χ0v) is 13.4. The second-order valence-electron chi connectivity index (χ2n) is 5.63. The van der Waals surface area contributed by atoms with E-state index in [-0.39, 0.29) is 19.1 Å². The molecule has 1 unspecified atom stereocenters. The largest absolute Gasteiger partial charge is 0.384 e. The normalized spacial score (nSPS) is 22.7. The van der Waals surface area contributed by atoms with Crippen molar-refractivity contribution in [2.24, 2.45) is 0 Å². The maximum atomic E-state index is 12.0. The average Bonchev–Trinajstić information content (AvgIpc) is 3.20. The third-order valence-electron chi connectivity index (χ3n) is 3.64. The molecule has 0 aromatic carbocycles. The van der Waals surface area contributed by atoms with Crippen LogP contribution >= 0.6 is 11.3 Å². The molecule has 2 aromatic heterocycles. The van der Waals surface area contributed by atoms with E-state index in [0.717, 1.165) is 5.69 Å². The van der Waals surface area contributed by atoms with Crippen molar-refractivity contribution in [1.82, 2.24) is 25.4 Å². The monoisotopic (exact) mass is 337 g/mol. The van der Waals surface area contributed by atoms with Crippen LogP contribution in [0.2, 0.25) is 0 Å². The first-order valence-corrected chi connectivity index (χ1v) is 8.26. The van der Waals surface area contributed by atoms with Crippen molar-refractivity contribution in [2.45, 2.75) is 12.1 Å². The van der Waals surface area contributed by atoms with Gasteiger partial charge in [0, 0.05) is 36.9 Å². The van der Waals surface area contributed by atoms with E-state index >= 15 is 0 Å². The molecule has 9 heteroatoms. The van der Waals surface area contributed by atoms with Crippen LogP contribution in [0.4, 0.5) is 0 Å². The number of hydrogen-bond acceptors (Lipinski definition) is 7. The Morgan fingerprint density at radius 3 is 3.26 bits per heavy atom. The van der Waals surface area contributed by atoms with Crippen LogP contribution in [0.25, 0.3) is 0 Å². The highest BCUT2D eigenvalue weighted by molar-refractivity contribution is 7.07. The maximum absolute atomic E-state index is 12.0. The number of thiazole rings is 1. The third kappa shape index (κ3) is 4.35. The lowest BCUT2D eigenvalue weighted by Gasteiger charge is -2.30. The molecular weight excluding hydrogens is 318 g/mol. The highest BCUT2D eigenvalue weighted by Crippen LogP contribution is 2.14. The summed E-state index contributed by atoms with van der Waals surface area (Å²) in [4.78, 5) is 18.0. The second-order valence-corrected chi connectivity index (χ2v) is 6.34. The number of aliphatic hydroxyl groups is 1.